The molecule has 0 aliphatic carbocycles. The van der Waals surface area contributed by atoms with E-state index in [1.165, 1.54) is 5.56 Å². The monoisotopic (exact) mass is 219 g/mol. The molecule has 88 valence electrons. The Bertz CT molecular complexity index is 322. The van der Waals surface area contributed by atoms with Crippen LogP contribution in [0.1, 0.15) is 18.9 Å². The molecule has 0 aliphatic heterocycles. The maximum atomic E-state index is 5.33. The van der Waals surface area contributed by atoms with Crippen molar-refractivity contribution in [3.63, 3.8) is 0 Å². The highest BCUT2D eigenvalue weighted by molar-refractivity contribution is 5.34. The molecule has 0 spiro atoms. The number of methoxy groups -OCH3 is 1. The lowest BCUT2D eigenvalue weighted by Gasteiger charge is -2.16. The minimum absolute atomic E-state index is 0.316. The van der Waals surface area contributed by atoms with Crippen LogP contribution in [0.5, 0.6) is 5.75 Å². The van der Waals surface area contributed by atoms with Crippen LogP contribution in [-0.2, 0) is 6.42 Å². The first-order valence-corrected chi connectivity index (χ1v) is 5.79. The lowest BCUT2D eigenvalue weighted by Crippen LogP contribution is -2.29. The van der Waals surface area contributed by atoms with Gasteiger partial charge in [0.1, 0.15) is 5.75 Å². The zero-order chi connectivity index (χ0) is 11.8. The fourth-order valence-electron chi connectivity index (χ4n) is 1.68. The number of benzene rings is 1. The smallest absolute Gasteiger partial charge is 0.122 e. The molecule has 0 bridgehead atoms. The summed E-state index contributed by atoms with van der Waals surface area (Å²) in [6, 6.07) is 8.44. The molecule has 1 atom stereocenters. The van der Waals surface area contributed by atoms with Gasteiger partial charge in [0.05, 0.1) is 7.11 Å². The minimum atomic E-state index is 0.316. The molecule has 1 N–H and O–H groups in total. The lowest BCUT2D eigenvalue weighted by molar-refractivity contribution is 0.407. The van der Waals surface area contributed by atoms with E-state index in [9.17, 15) is 0 Å². The van der Waals surface area contributed by atoms with Crippen LogP contribution in [0, 0.1) is 0 Å². The molecule has 0 fully saturated rings. The Balaban J connectivity index is 2.65. The predicted octanol–water partition coefficient (Wildman–Crippen LogP) is 2.79. The van der Waals surface area contributed by atoms with Crippen molar-refractivity contribution in [3.05, 3.63) is 42.5 Å². The van der Waals surface area contributed by atoms with Crippen LogP contribution in [0.15, 0.2) is 36.9 Å². The van der Waals surface area contributed by atoms with Crippen LogP contribution < -0.4 is 10.1 Å². The van der Waals surface area contributed by atoms with Gasteiger partial charge in [-0.2, -0.15) is 0 Å². The zero-order valence-corrected chi connectivity index (χ0v) is 10.2. The standard InChI is InChI=1S/C14H21NO/c1-4-10-15-13(5-2)11-12-8-6-7-9-14(12)16-3/h5-9,13,15H,2,4,10-11H2,1,3H3. The molecule has 16 heavy (non-hydrogen) atoms. The van der Waals surface area contributed by atoms with E-state index < -0.39 is 0 Å². The average molecular weight is 219 g/mol. The summed E-state index contributed by atoms with van der Waals surface area (Å²) in [7, 11) is 1.71. The third-order valence-corrected chi connectivity index (χ3v) is 2.57. The Morgan fingerprint density at radius 2 is 2.19 bits per heavy atom. The van der Waals surface area contributed by atoms with Gasteiger partial charge in [-0.3, -0.25) is 0 Å². The van der Waals surface area contributed by atoms with E-state index in [4.69, 9.17) is 4.74 Å². The summed E-state index contributed by atoms with van der Waals surface area (Å²) in [4.78, 5) is 0. The van der Waals surface area contributed by atoms with Gasteiger partial charge in [0.15, 0.2) is 0 Å². The van der Waals surface area contributed by atoms with E-state index in [1.54, 1.807) is 7.11 Å². The SMILES string of the molecule is C=CC(Cc1ccccc1OC)NCCC. The first-order valence-electron chi connectivity index (χ1n) is 5.79. The second kappa shape index (κ2) is 7.07. The first-order chi connectivity index (χ1) is 7.81. The van der Waals surface area contributed by atoms with Crippen LogP contribution in [0.3, 0.4) is 0 Å². The molecule has 2 nitrogen and oxygen atoms in total. The zero-order valence-electron chi connectivity index (χ0n) is 10.2. The molecule has 0 aliphatic rings. The summed E-state index contributed by atoms with van der Waals surface area (Å²) in [5, 5.41) is 3.45. The Labute approximate surface area is 98.3 Å². The van der Waals surface area contributed by atoms with Crippen molar-refractivity contribution in [1.82, 2.24) is 5.32 Å². The molecule has 0 radical (unpaired) electrons. The number of hydrogen-bond donors (Lipinski definition) is 1. The highest BCUT2D eigenvalue weighted by atomic mass is 16.5. The van der Waals surface area contributed by atoms with Gasteiger partial charge < -0.3 is 10.1 Å². The quantitative estimate of drug-likeness (QED) is 0.712. The number of para-hydroxylation sites is 1. The molecule has 1 aromatic carbocycles. The summed E-state index contributed by atoms with van der Waals surface area (Å²) >= 11 is 0. The number of rotatable bonds is 7. The van der Waals surface area contributed by atoms with Gasteiger partial charge in [-0.1, -0.05) is 31.2 Å². The van der Waals surface area contributed by atoms with Crippen LogP contribution >= 0.6 is 0 Å². The molecule has 0 saturated heterocycles. The summed E-state index contributed by atoms with van der Waals surface area (Å²) in [6.07, 6.45) is 4.02. The van der Waals surface area contributed by atoms with Crippen molar-refractivity contribution in [2.75, 3.05) is 13.7 Å². The molecule has 1 unspecified atom stereocenters. The first kappa shape index (κ1) is 12.8. The normalized spacial score (nSPS) is 12.1. The second-order valence-corrected chi connectivity index (χ2v) is 3.81. The molecule has 1 rings (SSSR count). The lowest BCUT2D eigenvalue weighted by atomic mass is 10.0. The topological polar surface area (TPSA) is 21.3 Å². The molecule has 0 aromatic heterocycles. The Kier molecular flexibility index (Phi) is 5.65. The highest BCUT2D eigenvalue weighted by Crippen LogP contribution is 2.19. The number of ether oxygens (including phenoxy) is 1. The van der Waals surface area contributed by atoms with Gasteiger partial charge in [0.25, 0.3) is 0 Å². The van der Waals surface area contributed by atoms with Crippen LogP contribution in [0.25, 0.3) is 0 Å². The van der Waals surface area contributed by atoms with E-state index >= 15 is 0 Å². The summed E-state index contributed by atoms with van der Waals surface area (Å²) in [5.74, 6) is 0.952. The van der Waals surface area contributed by atoms with E-state index in [-0.39, 0.29) is 0 Å². The van der Waals surface area contributed by atoms with Gasteiger partial charge in [0, 0.05) is 6.04 Å². The van der Waals surface area contributed by atoms with E-state index in [1.807, 2.05) is 24.3 Å². The Morgan fingerprint density at radius 1 is 1.44 bits per heavy atom. The van der Waals surface area contributed by atoms with Gasteiger partial charge in [-0.25, -0.2) is 0 Å². The maximum absolute atomic E-state index is 5.33. The summed E-state index contributed by atoms with van der Waals surface area (Å²) < 4.78 is 5.33. The second-order valence-electron chi connectivity index (χ2n) is 3.81. The molecule has 0 heterocycles. The van der Waals surface area contributed by atoms with Gasteiger partial charge in [-0.15, -0.1) is 6.58 Å². The number of hydrogen-bond acceptors (Lipinski definition) is 2. The molecule has 0 saturated carbocycles. The number of nitrogens with one attached hydrogen (secondary N) is 1. The molecule has 1 aromatic rings. The summed E-state index contributed by atoms with van der Waals surface area (Å²) in [6.45, 7) is 7.04. The van der Waals surface area contributed by atoms with E-state index in [0.717, 1.165) is 25.1 Å². The van der Waals surface area contributed by atoms with Crippen molar-refractivity contribution in [1.29, 1.82) is 0 Å². The molecular formula is C14H21NO. The predicted molar refractivity (Wildman–Crippen MR) is 69.0 cm³/mol. The van der Waals surface area contributed by atoms with Gasteiger partial charge in [0.2, 0.25) is 0 Å². The fraction of sp³-hybridized carbons (Fsp3) is 0.429. The molecular weight excluding hydrogens is 198 g/mol. The fourth-order valence-corrected chi connectivity index (χ4v) is 1.68. The molecule has 0 amide bonds. The van der Waals surface area contributed by atoms with Crippen LogP contribution in [-0.4, -0.2) is 19.7 Å². The van der Waals surface area contributed by atoms with Crippen LogP contribution in [0.4, 0.5) is 0 Å². The average Bonchev–Trinajstić information content (AvgIpc) is 2.34. The third-order valence-electron chi connectivity index (χ3n) is 2.57. The Hall–Kier alpha value is -1.28. The minimum Gasteiger partial charge on any atom is -0.496 e. The van der Waals surface area contributed by atoms with Crippen molar-refractivity contribution < 1.29 is 4.74 Å². The van der Waals surface area contributed by atoms with Gasteiger partial charge in [-0.05, 0) is 31.0 Å². The van der Waals surface area contributed by atoms with Crippen LogP contribution in [0.2, 0.25) is 0 Å². The van der Waals surface area contributed by atoms with Crippen molar-refractivity contribution in [2.24, 2.45) is 0 Å². The maximum Gasteiger partial charge on any atom is 0.122 e. The van der Waals surface area contributed by atoms with E-state index in [0.29, 0.717) is 6.04 Å². The highest BCUT2D eigenvalue weighted by Gasteiger charge is 2.07. The largest absolute Gasteiger partial charge is 0.496 e. The van der Waals surface area contributed by atoms with Crippen molar-refractivity contribution >= 4 is 0 Å². The Morgan fingerprint density at radius 3 is 2.81 bits per heavy atom. The van der Waals surface area contributed by atoms with Gasteiger partial charge >= 0.3 is 0 Å². The van der Waals surface area contributed by atoms with E-state index in [2.05, 4.69) is 24.9 Å². The van der Waals surface area contributed by atoms with Crippen molar-refractivity contribution in [3.8, 4) is 5.75 Å². The third kappa shape index (κ3) is 3.70. The summed E-state index contributed by atoms with van der Waals surface area (Å²) in [5.41, 5.74) is 1.22. The molecule has 2 heteroatoms. The van der Waals surface area contributed by atoms with Crippen molar-refractivity contribution in [2.45, 2.75) is 25.8 Å².